The second-order valence-corrected chi connectivity index (χ2v) is 6.72. The van der Waals surface area contributed by atoms with E-state index in [4.69, 9.17) is 0 Å². The summed E-state index contributed by atoms with van der Waals surface area (Å²) in [6.45, 7) is 9.40. The minimum atomic E-state index is 0.875. The second-order valence-electron chi connectivity index (χ2n) is 6.72. The van der Waals surface area contributed by atoms with Crippen molar-refractivity contribution in [1.29, 1.82) is 0 Å². The van der Waals surface area contributed by atoms with Gasteiger partial charge in [-0.2, -0.15) is 0 Å². The Bertz CT molecular complexity index is 268. The summed E-state index contributed by atoms with van der Waals surface area (Å²) in [5, 5.41) is 0. The van der Waals surface area contributed by atoms with Crippen LogP contribution in [0.4, 0.5) is 0 Å². The van der Waals surface area contributed by atoms with Gasteiger partial charge < -0.3 is 9.80 Å². The molecule has 0 radical (unpaired) electrons. The van der Waals surface area contributed by atoms with Crippen molar-refractivity contribution < 1.29 is 0 Å². The Morgan fingerprint density at radius 1 is 0.889 bits per heavy atom. The summed E-state index contributed by atoms with van der Waals surface area (Å²) in [6, 6.07) is 0.875. The number of hydrogen-bond donors (Lipinski definition) is 0. The van der Waals surface area contributed by atoms with Crippen LogP contribution >= 0.6 is 0 Å². The third-order valence-electron chi connectivity index (χ3n) is 5.14. The van der Waals surface area contributed by atoms with Gasteiger partial charge in [0.1, 0.15) is 0 Å². The van der Waals surface area contributed by atoms with Crippen LogP contribution in [-0.2, 0) is 0 Å². The van der Waals surface area contributed by atoms with Crippen molar-refractivity contribution in [3.63, 3.8) is 0 Å². The van der Waals surface area contributed by atoms with Gasteiger partial charge in [-0.25, -0.2) is 0 Å². The highest BCUT2D eigenvalue weighted by atomic mass is 15.3. The molecule has 0 N–H and O–H groups in total. The van der Waals surface area contributed by atoms with Crippen LogP contribution in [0.2, 0.25) is 0 Å². The van der Waals surface area contributed by atoms with Crippen LogP contribution in [-0.4, -0.2) is 73.6 Å². The molecule has 0 bridgehead atoms. The smallest absolute Gasteiger partial charge is 0.0223 e. The quantitative estimate of drug-likeness (QED) is 0.736. The molecular weight excluding hydrogens is 222 g/mol. The van der Waals surface area contributed by atoms with Gasteiger partial charge in [0.05, 0.1) is 0 Å². The molecule has 3 aliphatic rings. The standard InChI is InChI=1S/C15H29N3/c1-16-10-6-14(11-16)12-17-7-4-9-18-8-3-2-5-15(18)13-17/h14-15H,2-13H2,1H3. The molecule has 3 aliphatic heterocycles. The number of hydrogen-bond acceptors (Lipinski definition) is 3. The lowest BCUT2D eigenvalue weighted by Gasteiger charge is -2.35. The lowest BCUT2D eigenvalue weighted by molar-refractivity contribution is 0.131. The predicted molar refractivity (Wildman–Crippen MR) is 75.9 cm³/mol. The minimum absolute atomic E-state index is 0.875. The molecule has 18 heavy (non-hydrogen) atoms. The van der Waals surface area contributed by atoms with Gasteiger partial charge in [0.2, 0.25) is 0 Å². The van der Waals surface area contributed by atoms with Crippen molar-refractivity contribution in [2.24, 2.45) is 5.92 Å². The van der Waals surface area contributed by atoms with Crippen molar-refractivity contribution in [1.82, 2.24) is 14.7 Å². The third-order valence-corrected chi connectivity index (χ3v) is 5.14. The molecule has 3 fully saturated rings. The molecule has 104 valence electrons. The Morgan fingerprint density at radius 3 is 2.61 bits per heavy atom. The van der Waals surface area contributed by atoms with E-state index in [-0.39, 0.29) is 0 Å². The first-order chi connectivity index (χ1) is 8.81. The molecule has 0 aromatic rings. The van der Waals surface area contributed by atoms with Crippen LogP contribution in [0.1, 0.15) is 32.1 Å². The van der Waals surface area contributed by atoms with Crippen molar-refractivity contribution >= 4 is 0 Å². The lowest BCUT2D eigenvalue weighted by atomic mass is 10.0. The van der Waals surface area contributed by atoms with Crippen molar-refractivity contribution in [2.75, 3.05) is 52.9 Å². The minimum Gasteiger partial charge on any atom is -0.306 e. The molecule has 2 atom stereocenters. The molecule has 3 rings (SSSR count). The van der Waals surface area contributed by atoms with Crippen LogP contribution in [0.3, 0.4) is 0 Å². The van der Waals surface area contributed by atoms with Gasteiger partial charge in [-0.05, 0) is 64.8 Å². The normalized spacial score (nSPS) is 36.5. The highest BCUT2D eigenvalue weighted by molar-refractivity contribution is 4.85. The van der Waals surface area contributed by atoms with E-state index in [1.54, 1.807) is 0 Å². The Kier molecular flexibility index (Phi) is 4.22. The molecule has 3 nitrogen and oxygen atoms in total. The van der Waals surface area contributed by atoms with E-state index in [0.717, 1.165) is 12.0 Å². The molecule has 0 aromatic heterocycles. The molecule has 0 spiro atoms. The summed E-state index contributed by atoms with van der Waals surface area (Å²) in [5.74, 6) is 0.935. The van der Waals surface area contributed by atoms with E-state index in [0.29, 0.717) is 0 Å². The van der Waals surface area contributed by atoms with Crippen LogP contribution in [0, 0.1) is 5.92 Å². The van der Waals surface area contributed by atoms with Gasteiger partial charge >= 0.3 is 0 Å². The Morgan fingerprint density at radius 2 is 1.78 bits per heavy atom. The molecular formula is C15H29N3. The zero-order valence-corrected chi connectivity index (χ0v) is 12.0. The van der Waals surface area contributed by atoms with Crippen molar-refractivity contribution in [2.45, 2.75) is 38.1 Å². The third kappa shape index (κ3) is 3.06. The molecule has 3 heterocycles. The molecule has 0 saturated carbocycles. The highest BCUT2D eigenvalue weighted by Gasteiger charge is 2.29. The van der Waals surface area contributed by atoms with E-state index >= 15 is 0 Å². The second kappa shape index (κ2) is 5.89. The van der Waals surface area contributed by atoms with E-state index < -0.39 is 0 Å². The molecule has 0 aliphatic carbocycles. The summed E-state index contributed by atoms with van der Waals surface area (Å²) < 4.78 is 0. The van der Waals surface area contributed by atoms with Crippen LogP contribution in [0.15, 0.2) is 0 Å². The zero-order valence-electron chi connectivity index (χ0n) is 12.0. The van der Waals surface area contributed by atoms with Crippen molar-refractivity contribution in [3.05, 3.63) is 0 Å². The summed E-state index contributed by atoms with van der Waals surface area (Å²) in [6.07, 6.45) is 7.15. The maximum absolute atomic E-state index is 2.78. The maximum atomic E-state index is 2.78. The lowest BCUT2D eigenvalue weighted by Crippen LogP contribution is -2.44. The number of rotatable bonds is 2. The first-order valence-corrected chi connectivity index (χ1v) is 7.96. The van der Waals surface area contributed by atoms with Gasteiger partial charge in [-0.15, -0.1) is 0 Å². The maximum Gasteiger partial charge on any atom is 0.0223 e. The number of piperidine rings is 1. The topological polar surface area (TPSA) is 9.72 Å². The average Bonchev–Trinajstić information content (AvgIpc) is 2.66. The van der Waals surface area contributed by atoms with Crippen LogP contribution in [0.5, 0.6) is 0 Å². The number of nitrogens with zero attached hydrogens (tertiary/aromatic N) is 3. The van der Waals surface area contributed by atoms with Gasteiger partial charge in [0.25, 0.3) is 0 Å². The SMILES string of the molecule is CN1CCC(CN2CCCN3CCCCC3C2)C1. The summed E-state index contributed by atoms with van der Waals surface area (Å²) >= 11 is 0. The molecule has 3 heteroatoms. The van der Waals surface area contributed by atoms with Gasteiger partial charge in [0, 0.05) is 25.7 Å². The summed E-state index contributed by atoms with van der Waals surface area (Å²) in [7, 11) is 2.27. The molecule has 2 unspecified atom stereocenters. The van der Waals surface area contributed by atoms with Gasteiger partial charge in [-0.1, -0.05) is 6.42 Å². The predicted octanol–water partition coefficient (Wildman–Crippen LogP) is 1.50. The van der Waals surface area contributed by atoms with Gasteiger partial charge in [0.15, 0.2) is 0 Å². The summed E-state index contributed by atoms with van der Waals surface area (Å²) in [4.78, 5) is 8.04. The van der Waals surface area contributed by atoms with E-state index in [2.05, 4.69) is 21.7 Å². The molecule has 3 saturated heterocycles. The van der Waals surface area contributed by atoms with Gasteiger partial charge in [-0.3, -0.25) is 4.90 Å². The van der Waals surface area contributed by atoms with E-state index in [9.17, 15) is 0 Å². The monoisotopic (exact) mass is 251 g/mol. The van der Waals surface area contributed by atoms with E-state index in [1.807, 2.05) is 0 Å². The fraction of sp³-hybridized carbons (Fsp3) is 1.00. The molecule has 0 aromatic carbocycles. The molecule has 0 amide bonds. The fourth-order valence-corrected chi connectivity index (χ4v) is 4.15. The highest BCUT2D eigenvalue weighted by Crippen LogP contribution is 2.23. The first kappa shape index (κ1) is 12.9. The Labute approximate surface area is 112 Å². The van der Waals surface area contributed by atoms with Crippen LogP contribution in [0.25, 0.3) is 0 Å². The van der Waals surface area contributed by atoms with Crippen LogP contribution < -0.4 is 0 Å². The number of fused-ring (bicyclic) bond motifs is 1. The Balaban J connectivity index is 1.53. The zero-order chi connectivity index (χ0) is 12.4. The Hall–Kier alpha value is -0.120. The number of likely N-dealkylation sites (tertiary alicyclic amines) is 1. The van der Waals surface area contributed by atoms with E-state index in [1.165, 1.54) is 77.9 Å². The van der Waals surface area contributed by atoms with Crippen molar-refractivity contribution in [3.8, 4) is 0 Å². The first-order valence-electron chi connectivity index (χ1n) is 7.96. The fourth-order valence-electron chi connectivity index (χ4n) is 4.15. The largest absolute Gasteiger partial charge is 0.306 e. The average molecular weight is 251 g/mol. The summed E-state index contributed by atoms with van der Waals surface area (Å²) in [5.41, 5.74) is 0.